The van der Waals surface area contributed by atoms with Gasteiger partial charge in [-0.05, 0) is 22.4 Å². The van der Waals surface area contributed by atoms with Crippen molar-refractivity contribution in [2.24, 2.45) is 0 Å². The molecule has 19 heavy (non-hydrogen) atoms. The lowest BCUT2D eigenvalue weighted by Crippen LogP contribution is -2.53. The number of hydrogen-bond acceptors (Lipinski definition) is 4. The molecule has 1 fully saturated rings. The van der Waals surface area contributed by atoms with E-state index in [1.165, 1.54) is 4.90 Å². The lowest BCUT2D eigenvalue weighted by molar-refractivity contribution is -0.141. The number of carbonyl (C=O) groups excluding carboxylic acids is 1. The van der Waals surface area contributed by atoms with Crippen molar-refractivity contribution in [2.75, 3.05) is 25.1 Å². The molecule has 1 aromatic heterocycles. The average Bonchev–Trinajstić information content (AvgIpc) is 2.90. The molecule has 0 aromatic carbocycles. The molecule has 0 aliphatic carbocycles. The number of nitrogens with zero attached hydrogens (tertiary/aromatic N) is 2. The molecule has 1 aliphatic heterocycles. The molecular weight excluding hydrogens is 284 g/mol. The first-order valence-electron chi connectivity index (χ1n) is 5.93. The van der Waals surface area contributed by atoms with Gasteiger partial charge in [0.1, 0.15) is 6.04 Å². The Morgan fingerprint density at radius 3 is 3.00 bits per heavy atom. The van der Waals surface area contributed by atoms with E-state index in [9.17, 15) is 14.7 Å². The number of aliphatic carboxylic acids is 1. The van der Waals surface area contributed by atoms with Gasteiger partial charge in [0, 0.05) is 31.6 Å². The van der Waals surface area contributed by atoms with Gasteiger partial charge >= 0.3 is 12.0 Å². The Morgan fingerprint density at radius 2 is 2.37 bits per heavy atom. The molecule has 1 aromatic rings. The summed E-state index contributed by atoms with van der Waals surface area (Å²) in [7, 11) is 1.71. The molecule has 104 valence electrons. The van der Waals surface area contributed by atoms with Crippen molar-refractivity contribution in [1.82, 2.24) is 9.80 Å². The molecule has 0 radical (unpaired) electrons. The van der Waals surface area contributed by atoms with Crippen molar-refractivity contribution in [3.8, 4) is 0 Å². The van der Waals surface area contributed by atoms with Gasteiger partial charge < -0.3 is 14.9 Å². The van der Waals surface area contributed by atoms with Gasteiger partial charge in [-0.2, -0.15) is 23.1 Å². The normalized spacial score (nSPS) is 19.2. The average molecular weight is 300 g/mol. The Labute approximate surface area is 120 Å². The molecule has 1 unspecified atom stereocenters. The van der Waals surface area contributed by atoms with Crippen molar-refractivity contribution in [3.63, 3.8) is 0 Å². The first kappa shape index (κ1) is 14.2. The van der Waals surface area contributed by atoms with Gasteiger partial charge in [-0.15, -0.1) is 0 Å². The number of amides is 2. The summed E-state index contributed by atoms with van der Waals surface area (Å²) in [6.45, 7) is 1.01. The van der Waals surface area contributed by atoms with E-state index in [2.05, 4.69) is 0 Å². The van der Waals surface area contributed by atoms with E-state index >= 15 is 0 Å². The number of hydrogen-bond donors (Lipinski definition) is 1. The van der Waals surface area contributed by atoms with Gasteiger partial charge in [0.2, 0.25) is 0 Å². The highest BCUT2D eigenvalue weighted by molar-refractivity contribution is 7.99. The minimum atomic E-state index is -0.926. The predicted molar refractivity (Wildman–Crippen MR) is 76.6 cm³/mol. The fourth-order valence-electron chi connectivity index (χ4n) is 1.98. The Hall–Kier alpha value is -1.21. The first-order chi connectivity index (χ1) is 9.09. The van der Waals surface area contributed by atoms with E-state index in [4.69, 9.17) is 0 Å². The maximum absolute atomic E-state index is 12.3. The first-order valence-corrected chi connectivity index (χ1v) is 8.02. The van der Waals surface area contributed by atoms with Crippen molar-refractivity contribution >= 4 is 35.1 Å². The van der Waals surface area contributed by atoms with Crippen LogP contribution in [-0.4, -0.2) is 58.0 Å². The van der Waals surface area contributed by atoms with Crippen molar-refractivity contribution in [3.05, 3.63) is 22.4 Å². The topological polar surface area (TPSA) is 60.9 Å². The monoisotopic (exact) mass is 300 g/mol. The number of rotatable bonds is 3. The van der Waals surface area contributed by atoms with Gasteiger partial charge in [-0.1, -0.05) is 0 Å². The van der Waals surface area contributed by atoms with E-state index in [0.29, 0.717) is 18.8 Å². The molecule has 2 heterocycles. The predicted octanol–water partition coefficient (Wildman–Crippen LogP) is 1.80. The molecule has 0 saturated carbocycles. The summed E-state index contributed by atoms with van der Waals surface area (Å²) in [5.41, 5.74) is 1.07. The van der Waals surface area contributed by atoms with E-state index in [1.54, 1.807) is 35.0 Å². The minimum absolute atomic E-state index is 0.209. The molecule has 1 aliphatic rings. The third-order valence-corrected chi connectivity index (χ3v) is 4.74. The second-order valence-electron chi connectivity index (χ2n) is 4.39. The van der Waals surface area contributed by atoms with Gasteiger partial charge in [-0.3, -0.25) is 0 Å². The van der Waals surface area contributed by atoms with Crippen molar-refractivity contribution in [1.29, 1.82) is 0 Å². The van der Waals surface area contributed by atoms with Crippen LogP contribution in [-0.2, 0) is 11.3 Å². The highest BCUT2D eigenvalue weighted by Gasteiger charge is 2.33. The van der Waals surface area contributed by atoms with Crippen molar-refractivity contribution in [2.45, 2.75) is 12.6 Å². The second-order valence-corrected chi connectivity index (χ2v) is 6.32. The summed E-state index contributed by atoms with van der Waals surface area (Å²) in [6.07, 6.45) is 0. The molecule has 7 heteroatoms. The standard InChI is InChI=1S/C12H16N2O3S2/c1-13(6-9-2-4-18-7-9)12(17)14-3-5-19-8-10(14)11(15)16/h2,4,7,10H,3,5-6,8H2,1H3,(H,15,16). The zero-order valence-electron chi connectivity index (χ0n) is 10.6. The molecule has 2 amide bonds. The maximum atomic E-state index is 12.3. The van der Waals surface area contributed by atoms with E-state index < -0.39 is 12.0 Å². The zero-order chi connectivity index (χ0) is 13.8. The number of urea groups is 1. The summed E-state index contributed by atoms with van der Waals surface area (Å²) in [6, 6.07) is 1.05. The van der Waals surface area contributed by atoms with E-state index in [1.807, 2.05) is 16.8 Å². The highest BCUT2D eigenvalue weighted by Crippen LogP contribution is 2.19. The largest absolute Gasteiger partial charge is 0.480 e. The van der Waals surface area contributed by atoms with Gasteiger partial charge in [0.25, 0.3) is 0 Å². The number of thioether (sulfide) groups is 1. The molecule has 1 N–H and O–H groups in total. The number of carboxylic acids is 1. The molecule has 1 saturated heterocycles. The van der Waals surface area contributed by atoms with E-state index in [-0.39, 0.29) is 6.03 Å². The Kier molecular flexibility index (Phi) is 4.71. The minimum Gasteiger partial charge on any atom is -0.480 e. The van der Waals surface area contributed by atoms with Gasteiger partial charge in [0.15, 0.2) is 0 Å². The van der Waals surface area contributed by atoms with Crippen LogP contribution >= 0.6 is 23.1 Å². The lowest BCUT2D eigenvalue weighted by Gasteiger charge is -2.35. The SMILES string of the molecule is CN(Cc1ccsc1)C(=O)N1CCSCC1C(=O)O. The van der Waals surface area contributed by atoms with Gasteiger partial charge in [-0.25, -0.2) is 9.59 Å². The van der Waals surface area contributed by atoms with Crippen LogP contribution in [0.2, 0.25) is 0 Å². The molecular formula is C12H16N2O3S2. The van der Waals surface area contributed by atoms with Crippen LogP contribution in [0.25, 0.3) is 0 Å². The number of carboxylic acid groups (broad SMARTS) is 1. The molecule has 5 nitrogen and oxygen atoms in total. The smallest absolute Gasteiger partial charge is 0.327 e. The molecule has 2 rings (SSSR count). The summed E-state index contributed by atoms with van der Waals surface area (Å²) in [4.78, 5) is 26.5. The van der Waals surface area contributed by atoms with Crippen LogP contribution in [0.1, 0.15) is 5.56 Å². The Bertz CT molecular complexity index is 450. The van der Waals surface area contributed by atoms with Crippen LogP contribution in [0.5, 0.6) is 0 Å². The second kappa shape index (κ2) is 6.29. The maximum Gasteiger partial charge on any atom is 0.327 e. The number of carbonyl (C=O) groups is 2. The van der Waals surface area contributed by atoms with Crippen molar-refractivity contribution < 1.29 is 14.7 Å². The third-order valence-electron chi connectivity index (χ3n) is 2.99. The molecule has 0 bridgehead atoms. The van der Waals surface area contributed by atoms with Gasteiger partial charge in [0.05, 0.1) is 0 Å². The van der Waals surface area contributed by atoms with Crippen LogP contribution in [0.3, 0.4) is 0 Å². The van der Waals surface area contributed by atoms with E-state index in [0.717, 1.165) is 11.3 Å². The van der Waals surface area contributed by atoms with Crippen LogP contribution in [0, 0.1) is 0 Å². The molecule has 1 atom stereocenters. The quantitative estimate of drug-likeness (QED) is 0.924. The summed E-state index contributed by atoms with van der Waals surface area (Å²) >= 11 is 3.16. The van der Waals surface area contributed by atoms with Crippen LogP contribution in [0.15, 0.2) is 16.8 Å². The Balaban J connectivity index is 2.02. The fraction of sp³-hybridized carbons (Fsp3) is 0.500. The van der Waals surface area contributed by atoms with Crippen LogP contribution in [0.4, 0.5) is 4.79 Å². The summed E-state index contributed by atoms with van der Waals surface area (Å²) in [5, 5.41) is 13.1. The fourth-order valence-corrected chi connectivity index (χ4v) is 3.68. The third kappa shape index (κ3) is 3.42. The summed E-state index contributed by atoms with van der Waals surface area (Å²) in [5.74, 6) is 0.333. The molecule has 0 spiro atoms. The Morgan fingerprint density at radius 1 is 1.58 bits per heavy atom. The summed E-state index contributed by atoms with van der Waals surface area (Å²) < 4.78 is 0. The zero-order valence-corrected chi connectivity index (χ0v) is 12.2. The lowest BCUT2D eigenvalue weighted by atomic mass is 10.2. The number of thiophene rings is 1. The highest BCUT2D eigenvalue weighted by atomic mass is 32.2. The van der Waals surface area contributed by atoms with Crippen LogP contribution < -0.4 is 0 Å².